The number of phenols is 1. The minimum absolute atomic E-state index is 0.0195. The van der Waals surface area contributed by atoms with Gasteiger partial charge in [0.2, 0.25) is 0 Å². The molecule has 1 aliphatic heterocycles. The zero-order valence-corrected chi connectivity index (χ0v) is 16.3. The molecule has 0 spiro atoms. The van der Waals surface area contributed by atoms with Gasteiger partial charge in [-0.1, -0.05) is 34.1 Å². The SMILES string of the molecule is CCOc1ccc(O)c(/C=C2\SC(=O)N(Cc3ccccc3Br)C2=O)c1. The number of ether oxygens (including phenoxy) is 1. The van der Waals surface area contributed by atoms with Crippen molar-refractivity contribution in [3.63, 3.8) is 0 Å². The average molecular weight is 434 g/mol. The molecule has 0 saturated carbocycles. The van der Waals surface area contributed by atoms with E-state index in [4.69, 9.17) is 4.74 Å². The first-order valence-corrected chi connectivity index (χ1v) is 9.55. The van der Waals surface area contributed by atoms with Gasteiger partial charge in [-0.2, -0.15) is 0 Å². The number of rotatable bonds is 5. The largest absolute Gasteiger partial charge is 0.507 e. The van der Waals surface area contributed by atoms with Gasteiger partial charge in [-0.15, -0.1) is 0 Å². The van der Waals surface area contributed by atoms with E-state index in [-0.39, 0.29) is 28.3 Å². The van der Waals surface area contributed by atoms with Gasteiger partial charge in [0.25, 0.3) is 11.1 Å². The van der Waals surface area contributed by atoms with Crippen molar-refractivity contribution in [2.24, 2.45) is 0 Å². The van der Waals surface area contributed by atoms with E-state index < -0.39 is 0 Å². The van der Waals surface area contributed by atoms with Crippen molar-refractivity contribution < 1.29 is 19.4 Å². The van der Waals surface area contributed by atoms with E-state index in [1.807, 2.05) is 31.2 Å². The van der Waals surface area contributed by atoms with E-state index in [9.17, 15) is 14.7 Å². The van der Waals surface area contributed by atoms with Crippen molar-refractivity contribution in [3.05, 3.63) is 63.0 Å². The smallest absolute Gasteiger partial charge is 0.293 e. The summed E-state index contributed by atoms with van der Waals surface area (Å²) in [5.41, 5.74) is 1.28. The van der Waals surface area contributed by atoms with E-state index in [1.165, 1.54) is 17.0 Å². The van der Waals surface area contributed by atoms with Gasteiger partial charge in [-0.25, -0.2) is 0 Å². The van der Waals surface area contributed by atoms with Crippen LogP contribution in [0.5, 0.6) is 11.5 Å². The molecule has 1 fully saturated rings. The van der Waals surface area contributed by atoms with Crippen molar-refractivity contribution in [1.82, 2.24) is 4.90 Å². The number of hydrogen-bond donors (Lipinski definition) is 1. The van der Waals surface area contributed by atoms with Gasteiger partial charge in [0.1, 0.15) is 11.5 Å². The number of carbonyl (C=O) groups is 2. The molecule has 26 heavy (non-hydrogen) atoms. The van der Waals surface area contributed by atoms with Gasteiger partial charge in [-0.05, 0) is 54.6 Å². The number of imide groups is 1. The fourth-order valence-electron chi connectivity index (χ4n) is 2.48. The molecule has 0 radical (unpaired) electrons. The van der Waals surface area contributed by atoms with E-state index in [2.05, 4.69) is 15.9 Å². The number of amides is 2. The van der Waals surface area contributed by atoms with Crippen molar-refractivity contribution >= 4 is 44.9 Å². The molecule has 1 N–H and O–H groups in total. The van der Waals surface area contributed by atoms with Crippen LogP contribution in [-0.2, 0) is 11.3 Å². The Balaban J connectivity index is 1.86. The van der Waals surface area contributed by atoms with Gasteiger partial charge >= 0.3 is 0 Å². The van der Waals surface area contributed by atoms with Gasteiger partial charge in [-0.3, -0.25) is 14.5 Å². The third-order valence-corrected chi connectivity index (χ3v) is 5.44. The Morgan fingerprint density at radius 1 is 1.23 bits per heavy atom. The Morgan fingerprint density at radius 2 is 2.00 bits per heavy atom. The number of hydrogen-bond acceptors (Lipinski definition) is 5. The molecule has 2 aromatic carbocycles. The lowest BCUT2D eigenvalue weighted by Gasteiger charge is -2.13. The molecule has 0 bridgehead atoms. The summed E-state index contributed by atoms with van der Waals surface area (Å²) in [7, 11) is 0. The Morgan fingerprint density at radius 3 is 2.73 bits per heavy atom. The van der Waals surface area contributed by atoms with Crippen LogP contribution in [-0.4, -0.2) is 27.8 Å². The highest BCUT2D eigenvalue weighted by atomic mass is 79.9. The number of carbonyl (C=O) groups excluding carboxylic acids is 2. The minimum atomic E-state index is -0.378. The summed E-state index contributed by atoms with van der Waals surface area (Å²) in [6.45, 7) is 2.54. The van der Waals surface area contributed by atoms with E-state index >= 15 is 0 Å². The number of benzene rings is 2. The molecule has 0 unspecified atom stereocenters. The molecule has 0 aromatic heterocycles. The fraction of sp³-hybridized carbons (Fsp3) is 0.158. The van der Waals surface area contributed by atoms with E-state index in [0.29, 0.717) is 17.9 Å². The summed E-state index contributed by atoms with van der Waals surface area (Å²) in [5, 5.41) is 9.69. The molecule has 134 valence electrons. The summed E-state index contributed by atoms with van der Waals surface area (Å²) in [6, 6.07) is 12.2. The number of aromatic hydroxyl groups is 1. The van der Waals surface area contributed by atoms with Crippen LogP contribution in [0.2, 0.25) is 0 Å². The molecule has 1 saturated heterocycles. The Bertz CT molecular complexity index is 897. The van der Waals surface area contributed by atoms with Crippen LogP contribution in [0.15, 0.2) is 51.8 Å². The van der Waals surface area contributed by atoms with Gasteiger partial charge < -0.3 is 9.84 Å². The highest BCUT2D eigenvalue weighted by molar-refractivity contribution is 9.10. The Labute approximate surface area is 163 Å². The quantitative estimate of drug-likeness (QED) is 0.686. The van der Waals surface area contributed by atoms with Crippen LogP contribution in [0.3, 0.4) is 0 Å². The molecule has 7 heteroatoms. The third kappa shape index (κ3) is 3.94. The van der Waals surface area contributed by atoms with Crippen LogP contribution in [0.1, 0.15) is 18.1 Å². The Kier molecular flexibility index (Phi) is 5.68. The monoisotopic (exact) mass is 433 g/mol. The zero-order chi connectivity index (χ0) is 18.7. The van der Waals surface area contributed by atoms with Crippen molar-refractivity contribution in [2.45, 2.75) is 13.5 Å². The first-order valence-electron chi connectivity index (χ1n) is 7.94. The molecule has 1 heterocycles. The predicted molar refractivity (Wildman–Crippen MR) is 105 cm³/mol. The first kappa shape index (κ1) is 18.5. The highest BCUT2D eigenvalue weighted by Gasteiger charge is 2.35. The average Bonchev–Trinajstić information content (AvgIpc) is 2.87. The number of phenolic OH excluding ortho intramolecular Hbond substituents is 1. The normalized spacial score (nSPS) is 15.8. The molecule has 5 nitrogen and oxygen atoms in total. The van der Waals surface area contributed by atoms with Gasteiger partial charge in [0, 0.05) is 10.0 Å². The molecule has 2 aromatic rings. The predicted octanol–water partition coefficient (Wildman–Crippen LogP) is 4.79. The second-order valence-electron chi connectivity index (χ2n) is 5.51. The number of halogens is 1. The summed E-state index contributed by atoms with van der Waals surface area (Å²) >= 11 is 4.29. The topological polar surface area (TPSA) is 66.8 Å². The maximum Gasteiger partial charge on any atom is 0.293 e. The summed E-state index contributed by atoms with van der Waals surface area (Å²) in [6.07, 6.45) is 1.52. The Hall–Kier alpha value is -2.25. The van der Waals surface area contributed by atoms with Crippen molar-refractivity contribution in [1.29, 1.82) is 0 Å². The summed E-state index contributed by atoms with van der Waals surface area (Å²) < 4.78 is 6.25. The lowest BCUT2D eigenvalue weighted by molar-refractivity contribution is -0.123. The molecule has 0 atom stereocenters. The molecule has 1 aliphatic rings. The van der Waals surface area contributed by atoms with E-state index in [1.54, 1.807) is 12.1 Å². The second-order valence-corrected chi connectivity index (χ2v) is 7.36. The lowest BCUT2D eigenvalue weighted by Crippen LogP contribution is -2.27. The van der Waals surface area contributed by atoms with Crippen LogP contribution in [0.4, 0.5) is 4.79 Å². The standard InChI is InChI=1S/C19H16BrNO4S/c1-2-25-14-7-8-16(22)13(9-14)10-17-18(23)21(19(24)26-17)11-12-5-3-4-6-15(12)20/h3-10,22H,2,11H2,1H3/b17-10-. The maximum atomic E-state index is 12.6. The zero-order valence-electron chi connectivity index (χ0n) is 13.9. The number of nitrogens with zero attached hydrogens (tertiary/aromatic N) is 1. The summed E-state index contributed by atoms with van der Waals surface area (Å²) in [5.74, 6) is 0.229. The molecular weight excluding hydrogens is 418 g/mol. The second kappa shape index (κ2) is 7.97. The maximum absolute atomic E-state index is 12.6. The molecule has 2 amide bonds. The number of thioether (sulfide) groups is 1. The first-order chi connectivity index (χ1) is 12.5. The molecule has 3 rings (SSSR count). The van der Waals surface area contributed by atoms with Crippen LogP contribution in [0, 0.1) is 0 Å². The lowest BCUT2D eigenvalue weighted by atomic mass is 10.1. The van der Waals surface area contributed by atoms with Crippen LogP contribution >= 0.6 is 27.7 Å². The third-order valence-electron chi connectivity index (χ3n) is 3.76. The highest BCUT2D eigenvalue weighted by Crippen LogP contribution is 2.36. The minimum Gasteiger partial charge on any atom is -0.507 e. The van der Waals surface area contributed by atoms with Gasteiger partial charge in [0.15, 0.2) is 0 Å². The molecular formula is C19H16BrNO4S. The van der Waals surface area contributed by atoms with Gasteiger partial charge in [0.05, 0.1) is 18.1 Å². The van der Waals surface area contributed by atoms with Crippen LogP contribution in [0.25, 0.3) is 6.08 Å². The van der Waals surface area contributed by atoms with Crippen molar-refractivity contribution in [2.75, 3.05) is 6.61 Å². The molecule has 0 aliphatic carbocycles. The van der Waals surface area contributed by atoms with E-state index in [0.717, 1.165) is 21.8 Å². The van der Waals surface area contributed by atoms with Crippen molar-refractivity contribution in [3.8, 4) is 11.5 Å². The van der Waals surface area contributed by atoms with Crippen LogP contribution < -0.4 is 4.74 Å². The summed E-state index contributed by atoms with van der Waals surface area (Å²) in [4.78, 5) is 26.4. The fourth-order valence-corrected chi connectivity index (χ4v) is 3.72.